The second-order valence-corrected chi connectivity index (χ2v) is 10.5. The molecular formula is C18H50N3P. The van der Waals surface area contributed by atoms with Gasteiger partial charge in [0.25, 0.3) is 0 Å². The molecule has 4 heteroatoms. The Morgan fingerprint density at radius 2 is 1.05 bits per heavy atom. The van der Waals surface area contributed by atoms with Gasteiger partial charge in [0.2, 0.25) is 0 Å². The van der Waals surface area contributed by atoms with Gasteiger partial charge in [0.05, 0.1) is 0 Å². The van der Waals surface area contributed by atoms with Gasteiger partial charge in [0, 0.05) is 7.05 Å². The molecule has 0 N–H and O–H groups in total. The highest BCUT2D eigenvalue weighted by Crippen LogP contribution is 2.56. The third-order valence-electron chi connectivity index (χ3n) is 4.20. The molecule has 0 bridgehead atoms. The van der Waals surface area contributed by atoms with Crippen LogP contribution in [-0.2, 0) is 0 Å². The Balaban J connectivity index is -0.000000241. The van der Waals surface area contributed by atoms with Crippen LogP contribution in [0.1, 0.15) is 56.4 Å². The van der Waals surface area contributed by atoms with E-state index in [9.17, 15) is 0 Å². The van der Waals surface area contributed by atoms with Gasteiger partial charge in [-0.1, -0.05) is 43.6 Å². The molecule has 0 aromatic carbocycles. The van der Waals surface area contributed by atoms with E-state index in [4.69, 9.17) is 4.74 Å². The number of hydrogen-bond donors (Lipinski definition) is 0. The van der Waals surface area contributed by atoms with Crippen molar-refractivity contribution in [3.8, 4) is 0 Å². The van der Waals surface area contributed by atoms with E-state index >= 15 is 0 Å². The SMILES string of the molecule is C.C.C.C.CN=P(C)(C(C)CCN(C)C)C(C)CCN(C)C. The smallest absolute Gasteiger partial charge is 0.0262 e. The van der Waals surface area contributed by atoms with E-state index in [0.29, 0.717) is 0 Å². The van der Waals surface area contributed by atoms with E-state index in [2.05, 4.69) is 58.5 Å². The first-order chi connectivity index (χ1) is 8.24. The van der Waals surface area contributed by atoms with Crippen LogP contribution in [0.25, 0.3) is 0 Å². The summed E-state index contributed by atoms with van der Waals surface area (Å²) in [4.78, 5) is 4.56. The maximum atomic E-state index is 4.85. The van der Waals surface area contributed by atoms with Crippen molar-refractivity contribution in [2.75, 3.05) is 55.0 Å². The van der Waals surface area contributed by atoms with Crippen LogP contribution in [-0.4, -0.2) is 76.1 Å². The van der Waals surface area contributed by atoms with Crippen molar-refractivity contribution in [2.24, 2.45) is 4.74 Å². The average Bonchev–Trinajstić information content (AvgIpc) is 2.31. The van der Waals surface area contributed by atoms with E-state index in [1.807, 2.05) is 7.05 Å². The van der Waals surface area contributed by atoms with Gasteiger partial charge in [-0.05, 0) is 79.2 Å². The normalized spacial score (nSPS) is 15.4. The Morgan fingerprint density at radius 1 is 0.773 bits per heavy atom. The summed E-state index contributed by atoms with van der Waals surface area (Å²) in [6.07, 6.45) is 2.53. The molecule has 2 unspecified atom stereocenters. The minimum absolute atomic E-state index is 0. The molecule has 3 nitrogen and oxygen atoms in total. The lowest BCUT2D eigenvalue weighted by Gasteiger charge is -2.34. The van der Waals surface area contributed by atoms with Gasteiger partial charge < -0.3 is 14.5 Å². The molecule has 0 spiro atoms. The largest absolute Gasteiger partial charge is 0.309 e. The molecule has 0 saturated heterocycles. The van der Waals surface area contributed by atoms with Crippen molar-refractivity contribution in [1.29, 1.82) is 0 Å². The van der Waals surface area contributed by atoms with Gasteiger partial charge in [0.15, 0.2) is 0 Å². The van der Waals surface area contributed by atoms with Crippen LogP contribution < -0.4 is 0 Å². The van der Waals surface area contributed by atoms with Crippen LogP contribution in [0.2, 0.25) is 0 Å². The molecule has 0 saturated carbocycles. The van der Waals surface area contributed by atoms with Crippen molar-refractivity contribution >= 4 is 7.05 Å². The number of rotatable bonds is 8. The number of nitrogens with zero attached hydrogens (tertiary/aromatic N) is 3. The summed E-state index contributed by atoms with van der Waals surface area (Å²) < 4.78 is 4.85. The number of hydrogen-bond acceptors (Lipinski definition) is 3. The topological polar surface area (TPSA) is 18.8 Å². The highest BCUT2D eigenvalue weighted by molar-refractivity contribution is 7.66. The van der Waals surface area contributed by atoms with Gasteiger partial charge in [0.1, 0.15) is 0 Å². The highest BCUT2D eigenvalue weighted by atomic mass is 31.2. The molecule has 0 fully saturated rings. The van der Waals surface area contributed by atoms with Crippen molar-refractivity contribution in [1.82, 2.24) is 9.80 Å². The minimum Gasteiger partial charge on any atom is -0.309 e. The minimum atomic E-state index is -1.17. The standard InChI is InChI=1S/C14H34N3P.4CH4/c1-13(9-11-16(4)5)18(8,15-3)14(2)10-12-17(6)7;;;;/h13-14H,9-12H2,1-8H3;4*1H4. The molecule has 0 aromatic heterocycles. The summed E-state index contributed by atoms with van der Waals surface area (Å²) in [6, 6.07) is 0. The summed E-state index contributed by atoms with van der Waals surface area (Å²) in [5.41, 5.74) is 1.48. The first-order valence-electron chi connectivity index (χ1n) is 7.00. The van der Waals surface area contributed by atoms with E-state index < -0.39 is 7.05 Å². The molecule has 0 aliphatic carbocycles. The predicted molar refractivity (Wildman–Crippen MR) is 113 cm³/mol. The zero-order valence-corrected chi connectivity index (χ0v) is 14.7. The van der Waals surface area contributed by atoms with Crippen molar-refractivity contribution in [3.05, 3.63) is 0 Å². The van der Waals surface area contributed by atoms with Gasteiger partial charge in [-0.2, -0.15) is 0 Å². The molecule has 0 aliphatic rings. The molecule has 0 heterocycles. The van der Waals surface area contributed by atoms with Gasteiger partial charge in [-0.25, -0.2) is 0 Å². The molecule has 0 amide bonds. The summed E-state index contributed by atoms with van der Waals surface area (Å²) in [5, 5.41) is 0. The molecule has 22 heavy (non-hydrogen) atoms. The monoisotopic (exact) mass is 339 g/mol. The molecule has 0 aromatic rings. The van der Waals surface area contributed by atoms with Crippen molar-refractivity contribution in [3.63, 3.8) is 0 Å². The first-order valence-corrected chi connectivity index (χ1v) is 9.33. The zero-order chi connectivity index (χ0) is 14.3. The fourth-order valence-electron chi connectivity index (χ4n) is 2.24. The van der Waals surface area contributed by atoms with Crippen molar-refractivity contribution < 1.29 is 0 Å². The van der Waals surface area contributed by atoms with Crippen molar-refractivity contribution in [2.45, 2.75) is 67.7 Å². The average molecular weight is 340 g/mol. The molecule has 0 rings (SSSR count). The summed E-state index contributed by atoms with van der Waals surface area (Å²) in [7, 11) is 9.48. The Kier molecular flexibility index (Phi) is 24.5. The Morgan fingerprint density at radius 3 is 1.23 bits per heavy atom. The molecule has 142 valence electrons. The van der Waals surface area contributed by atoms with Gasteiger partial charge in [-0.15, -0.1) is 0 Å². The third kappa shape index (κ3) is 11.7. The zero-order valence-electron chi connectivity index (χ0n) is 13.8. The first kappa shape index (κ1) is 33.7. The van der Waals surface area contributed by atoms with Crippen LogP contribution in [0.15, 0.2) is 4.74 Å². The maximum Gasteiger partial charge on any atom is 0.0262 e. The predicted octanol–water partition coefficient (Wildman–Crippen LogP) is 5.67. The van der Waals surface area contributed by atoms with Crippen LogP contribution in [0, 0.1) is 0 Å². The molecule has 0 radical (unpaired) electrons. The lowest BCUT2D eigenvalue weighted by atomic mass is 10.3. The second kappa shape index (κ2) is 16.0. The summed E-state index contributed by atoms with van der Waals surface area (Å²) in [5.74, 6) is 0. The third-order valence-corrected chi connectivity index (χ3v) is 9.15. The quantitative estimate of drug-likeness (QED) is 0.530. The fourth-order valence-corrected chi connectivity index (χ4v) is 5.18. The van der Waals surface area contributed by atoms with Crippen LogP contribution >= 0.6 is 7.05 Å². The Hall–Kier alpha value is 0.150. The maximum absolute atomic E-state index is 4.85. The summed E-state index contributed by atoms with van der Waals surface area (Å²) in [6.45, 7) is 9.58. The van der Waals surface area contributed by atoms with E-state index in [0.717, 1.165) is 11.3 Å². The van der Waals surface area contributed by atoms with E-state index in [1.165, 1.54) is 25.9 Å². The van der Waals surface area contributed by atoms with E-state index in [1.54, 1.807) is 0 Å². The molecule has 0 aliphatic heterocycles. The second-order valence-electron chi connectivity index (χ2n) is 6.18. The molecule has 2 atom stereocenters. The Bertz CT molecular complexity index is 254. The van der Waals surface area contributed by atoms with Crippen LogP contribution in [0.4, 0.5) is 0 Å². The van der Waals surface area contributed by atoms with Gasteiger partial charge in [-0.3, -0.25) is 0 Å². The summed E-state index contributed by atoms with van der Waals surface area (Å²) >= 11 is 0. The van der Waals surface area contributed by atoms with Gasteiger partial charge >= 0.3 is 0 Å². The lowest BCUT2D eigenvalue weighted by molar-refractivity contribution is 0.394. The lowest BCUT2D eigenvalue weighted by Crippen LogP contribution is -2.23. The van der Waals surface area contributed by atoms with E-state index in [-0.39, 0.29) is 29.7 Å². The van der Waals surface area contributed by atoms with Crippen LogP contribution in [0.5, 0.6) is 0 Å². The van der Waals surface area contributed by atoms with Crippen LogP contribution in [0.3, 0.4) is 0 Å². The Labute approximate surface area is 144 Å². The molecular weight excluding hydrogens is 289 g/mol. The highest BCUT2D eigenvalue weighted by Gasteiger charge is 2.27. The fraction of sp³-hybridized carbons (Fsp3) is 1.00.